The van der Waals surface area contributed by atoms with Gasteiger partial charge in [0.2, 0.25) is 0 Å². The third-order valence-electron chi connectivity index (χ3n) is 3.62. The van der Waals surface area contributed by atoms with Crippen molar-refractivity contribution in [3.8, 4) is 5.75 Å². The lowest BCUT2D eigenvalue weighted by molar-refractivity contribution is 0.0248. The van der Waals surface area contributed by atoms with Gasteiger partial charge in [0.15, 0.2) is 0 Å². The van der Waals surface area contributed by atoms with Crippen molar-refractivity contribution in [2.45, 2.75) is 26.4 Å². The quantitative estimate of drug-likeness (QED) is 0.906. The second kappa shape index (κ2) is 6.06. The van der Waals surface area contributed by atoms with Gasteiger partial charge in [-0.05, 0) is 43.5 Å². The van der Waals surface area contributed by atoms with E-state index in [1.807, 2.05) is 13.8 Å². The second-order valence-electron chi connectivity index (χ2n) is 5.04. The zero-order valence-corrected chi connectivity index (χ0v) is 11.5. The highest BCUT2D eigenvalue weighted by atomic mass is 16.5. The molecular formula is C15H21NO3. The minimum Gasteiger partial charge on any atom is -0.494 e. The maximum Gasteiger partial charge on any atom is 0.253 e. The number of rotatable bonds is 3. The van der Waals surface area contributed by atoms with E-state index in [0.29, 0.717) is 25.3 Å². The predicted molar refractivity (Wildman–Crippen MR) is 73.3 cm³/mol. The Labute approximate surface area is 114 Å². The Bertz CT molecular complexity index is 430. The van der Waals surface area contributed by atoms with Gasteiger partial charge in [0.25, 0.3) is 5.91 Å². The average Bonchev–Trinajstić information content (AvgIpc) is 2.42. The molecule has 1 aromatic carbocycles. The molecule has 0 bridgehead atoms. The Hall–Kier alpha value is -1.55. The summed E-state index contributed by atoms with van der Waals surface area (Å²) in [7, 11) is 0. The van der Waals surface area contributed by atoms with E-state index < -0.39 is 6.10 Å². The van der Waals surface area contributed by atoms with Gasteiger partial charge in [-0.2, -0.15) is 0 Å². The highest BCUT2D eigenvalue weighted by Gasteiger charge is 2.27. The van der Waals surface area contributed by atoms with E-state index in [-0.39, 0.29) is 11.8 Å². The number of aliphatic hydroxyl groups is 1. The van der Waals surface area contributed by atoms with Crippen LogP contribution >= 0.6 is 0 Å². The van der Waals surface area contributed by atoms with Gasteiger partial charge in [-0.1, -0.05) is 6.92 Å². The van der Waals surface area contributed by atoms with Gasteiger partial charge in [0.05, 0.1) is 12.7 Å². The van der Waals surface area contributed by atoms with Gasteiger partial charge in [0.1, 0.15) is 5.75 Å². The number of ether oxygens (including phenoxy) is 1. The van der Waals surface area contributed by atoms with Gasteiger partial charge in [-0.15, -0.1) is 0 Å². The first-order valence-corrected chi connectivity index (χ1v) is 6.82. The number of benzene rings is 1. The molecule has 4 heteroatoms. The molecule has 1 aromatic rings. The third kappa shape index (κ3) is 3.26. The second-order valence-corrected chi connectivity index (χ2v) is 5.04. The van der Waals surface area contributed by atoms with Crippen molar-refractivity contribution in [2.24, 2.45) is 5.92 Å². The third-order valence-corrected chi connectivity index (χ3v) is 3.62. The minimum atomic E-state index is -0.416. The first kappa shape index (κ1) is 13.9. The van der Waals surface area contributed by atoms with Gasteiger partial charge in [-0.3, -0.25) is 4.79 Å². The molecule has 0 saturated carbocycles. The van der Waals surface area contributed by atoms with E-state index in [9.17, 15) is 9.90 Å². The van der Waals surface area contributed by atoms with E-state index >= 15 is 0 Å². The molecule has 0 aromatic heterocycles. The lowest BCUT2D eigenvalue weighted by Gasteiger charge is -2.34. The van der Waals surface area contributed by atoms with Gasteiger partial charge in [0, 0.05) is 18.7 Å². The Morgan fingerprint density at radius 2 is 2.11 bits per heavy atom. The van der Waals surface area contributed by atoms with Crippen LogP contribution in [-0.4, -0.2) is 41.7 Å². The van der Waals surface area contributed by atoms with Gasteiger partial charge >= 0.3 is 0 Å². The fraction of sp³-hybridized carbons (Fsp3) is 0.533. The van der Waals surface area contributed by atoms with Crippen LogP contribution in [0.3, 0.4) is 0 Å². The Kier molecular flexibility index (Phi) is 4.43. The fourth-order valence-electron chi connectivity index (χ4n) is 2.28. The number of aliphatic hydroxyl groups excluding tert-OH is 1. The molecule has 1 amide bonds. The molecule has 1 saturated heterocycles. The number of carbonyl (C=O) groups excluding carboxylic acids is 1. The number of piperidine rings is 1. The van der Waals surface area contributed by atoms with Crippen molar-refractivity contribution >= 4 is 5.91 Å². The molecular weight excluding hydrogens is 242 g/mol. The molecule has 0 radical (unpaired) electrons. The Balaban J connectivity index is 2.03. The zero-order chi connectivity index (χ0) is 13.8. The number of β-amino-alcohol motifs (C(OH)–C–C–N with tert-alkyl or cyclic N) is 1. The summed E-state index contributed by atoms with van der Waals surface area (Å²) in [6.45, 7) is 5.69. The standard InChI is InChI=1S/C15H21NO3/c1-3-19-13-6-4-12(5-7-13)15(18)16-9-8-11(2)14(17)10-16/h4-7,11,14,17H,3,8-10H2,1-2H3. The summed E-state index contributed by atoms with van der Waals surface area (Å²) in [5.41, 5.74) is 0.644. The number of carbonyl (C=O) groups is 1. The van der Waals surface area contributed by atoms with E-state index in [1.165, 1.54) is 0 Å². The maximum atomic E-state index is 12.3. The number of likely N-dealkylation sites (tertiary alicyclic amines) is 1. The van der Waals surface area contributed by atoms with Gasteiger partial charge in [-0.25, -0.2) is 0 Å². The number of hydrogen-bond acceptors (Lipinski definition) is 3. The van der Waals surface area contributed by atoms with Crippen LogP contribution in [0.15, 0.2) is 24.3 Å². The normalized spacial score (nSPS) is 23.2. The van der Waals surface area contributed by atoms with E-state index in [2.05, 4.69) is 0 Å². The van der Waals surface area contributed by atoms with Crippen LogP contribution in [-0.2, 0) is 0 Å². The summed E-state index contributed by atoms with van der Waals surface area (Å²) in [6.07, 6.45) is 0.435. The van der Waals surface area contributed by atoms with Crippen molar-refractivity contribution in [1.82, 2.24) is 4.90 Å². The predicted octanol–water partition coefficient (Wildman–Crippen LogP) is 1.93. The highest BCUT2D eigenvalue weighted by molar-refractivity contribution is 5.94. The molecule has 1 aliphatic heterocycles. The number of amides is 1. The topological polar surface area (TPSA) is 49.8 Å². The van der Waals surface area contributed by atoms with Crippen molar-refractivity contribution in [2.75, 3.05) is 19.7 Å². The lowest BCUT2D eigenvalue weighted by Crippen LogP contribution is -2.45. The molecule has 1 fully saturated rings. The molecule has 1 aliphatic rings. The number of nitrogens with zero attached hydrogens (tertiary/aromatic N) is 1. The molecule has 1 N–H and O–H groups in total. The van der Waals surface area contributed by atoms with Crippen LogP contribution in [0.4, 0.5) is 0 Å². The largest absolute Gasteiger partial charge is 0.494 e. The van der Waals surface area contributed by atoms with Crippen LogP contribution in [0, 0.1) is 5.92 Å². The monoisotopic (exact) mass is 263 g/mol. The first-order chi connectivity index (χ1) is 9.11. The molecule has 104 valence electrons. The van der Waals surface area contributed by atoms with E-state index in [1.54, 1.807) is 29.2 Å². The van der Waals surface area contributed by atoms with Crippen LogP contribution < -0.4 is 4.74 Å². The molecule has 2 unspecified atom stereocenters. The summed E-state index contributed by atoms with van der Waals surface area (Å²) in [5, 5.41) is 9.84. The van der Waals surface area contributed by atoms with Crippen LogP contribution in [0.25, 0.3) is 0 Å². The SMILES string of the molecule is CCOc1ccc(C(=O)N2CCC(C)C(O)C2)cc1. The summed E-state index contributed by atoms with van der Waals surface area (Å²) < 4.78 is 5.35. The first-order valence-electron chi connectivity index (χ1n) is 6.82. The van der Waals surface area contributed by atoms with Crippen molar-refractivity contribution in [3.63, 3.8) is 0 Å². The van der Waals surface area contributed by atoms with Crippen LogP contribution in [0.5, 0.6) is 5.75 Å². The molecule has 0 aliphatic carbocycles. The molecule has 1 heterocycles. The summed E-state index contributed by atoms with van der Waals surface area (Å²) in [5.74, 6) is 1.02. The zero-order valence-electron chi connectivity index (χ0n) is 11.5. The summed E-state index contributed by atoms with van der Waals surface area (Å²) in [6, 6.07) is 7.16. The van der Waals surface area contributed by atoms with E-state index in [4.69, 9.17) is 4.74 Å². The Morgan fingerprint density at radius 1 is 1.42 bits per heavy atom. The highest BCUT2D eigenvalue weighted by Crippen LogP contribution is 2.20. The van der Waals surface area contributed by atoms with Crippen molar-refractivity contribution in [1.29, 1.82) is 0 Å². The van der Waals surface area contributed by atoms with Gasteiger partial charge < -0.3 is 14.7 Å². The van der Waals surface area contributed by atoms with Crippen LogP contribution in [0.2, 0.25) is 0 Å². The molecule has 0 spiro atoms. The molecule has 2 atom stereocenters. The lowest BCUT2D eigenvalue weighted by atomic mass is 9.95. The smallest absolute Gasteiger partial charge is 0.253 e. The summed E-state index contributed by atoms with van der Waals surface area (Å²) in [4.78, 5) is 14.0. The molecule has 4 nitrogen and oxygen atoms in total. The molecule has 19 heavy (non-hydrogen) atoms. The average molecular weight is 263 g/mol. The summed E-state index contributed by atoms with van der Waals surface area (Å²) >= 11 is 0. The minimum absolute atomic E-state index is 0.0194. The maximum absolute atomic E-state index is 12.3. The van der Waals surface area contributed by atoms with E-state index in [0.717, 1.165) is 12.2 Å². The van der Waals surface area contributed by atoms with Crippen molar-refractivity contribution in [3.05, 3.63) is 29.8 Å². The van der Waals surface area contributed by atoms with Crippen LogP contribution in [0.1, 0.15) is 30.6 Å². The van der Waals surface area contributed by atoms with Crippen molar-refractivity contribution < 1.29 is 14.6 Å². The molecule has 2 rings (SSSR count). The Morgan fingerprint density at radius 3 is 2.68 bits per heavy atom. The fourth-order valence-corrected chi connectivity index (χ4v) is 2.28. The number of hydrogen-bond donors (Lipinski definition) is 1.